The Balaban J connectivity index is 1.50. The standard InChI is InChI=1S/C31H34ClN5O2/c32-24-12-14-26-28(17-24)35-29(37(31(26)39)20-22-9-5-2-6-10-22)27(34)18-25-13-11-23(15-16-33)30(38)36(25)19-21-7-3-1-4-8-21/h1-10,12,14,17,23,25,27H,11,13,15-16,18-20,33-34H2. The molecule has 0 bridgehead atoms. The van der Waals surface area contributed by atoms with Crippen molar-refractivity contribution in [3.05, 3.63) is 111 Å². The van der Waals surface area contributed by atoms with Crippen LogP contribution in [0.2, 0.25) is 5.02 Å². The van der Waals surface area contributed by atoms with Crippen LogP contribution in [0.5, 0.6) is 0 Å². The lowest BCUT2D eigenvalue weighted by atomic mass is 9.86. The lowest BCUT2D eigenvalue weighted by molar-refractivity contribution is -0.143. The summed E-state index contributed by atoms with van der Waals surface area (Å²) in [5.41, 5.74) is 15.1. The molecule has 39 heavy (non-hydrogen) atoms. The molecule has 4 N–H and O–H groups in total. The van der Waals surface area contributed by atoms with Crippen LogP contribution in [0, 0.1) is 5.92 Å². The average Bonchev–Trinajstić information content (AvgIpc) is 2.94. The number of aromatic nitrogens is 2. The van der Waals surface area contributed by atoms with E-state index in [1.54, 1.807) is 22.8 Å². The van der Waals surface area contributed by atoms with Gasteiger partial charge in [-0.2, -0.15) is 0 Å². The molecule has 0 saturated carbocycles. The Morgan fingerprint density at radius 3 is 2.26 bits per heavy atom. The monoisotopic (exact) mass is 543 g/mol. The number of carbonyl (C=O) groups excluding carboxylic acids is 1. The van der Waals surface area contributed by atoms with Crippen molar-refractivity contribution in [2.75, 3.05) is 6.54 Å². The first-order valence-corrected chi connectivity index (χ1v) is 13.9. The first kappa shape index (κ1) is 27.1. The first-order valence-electron chi connectivity index (χ1n) is 13.5. The highest BCUT2D eigenvalue weighted by Gasteiger charge is 2.36. The van der Waals surface area contributed by atoms with Crippen molar-refractivity contribution in [2.45, 2.75) is 50.9 Å². The van der Waals surface area contributed by atoms with Crippen LogP contribution in [-0.2, 0) is 17.9 Å². The van der Waals surface area contributed by atoms with Crippen LogP contribution in [0.4, 0.5) is 0 Å². The number of likely N-dealkylation sites (tertiary alicyclic amines) is 1. The minimum absolute atomic E-state index is 0.0802. The fraction of sp³-hybridized carbons (Fsp3) is 0.323. The van der Waals surface area contributed by atoms with Gasteiger partial charge in [-0.25, -0.2) is 4.98 Å². The molecule has 3 aromatic carbocycles. The van der Waals surface area contributed by atoms with E-state index in [1.807, 2.05) is 65.6 Å². The number of hydrogen-bond donors (Lipinski definition) is 2. The van der Waals surface area contributed by atoms with E-state index in [9.17, 15) is 9.59 Å². The van der Waals surface area contributed by atoms with Crippen LogP contribution in [-0.4, -0.2) is 32.9 Å². The maximum atomic E-state index is 13.7. The molecule has 2 heterocycles. The summed E-state index contributed by atoms with van der Waals surface area (Å²) in [4.78, 5) is 34.1. The van der Waals surface area contributed by atoms with Gasteiger partial charge in [0, 0.05) is 23.5 Å². The molecule has 1 fully saturated rings. The molecule has 1 amide bonds. The fourth-order valence-electron chi connectivity index (χ4n) is 5.60. The van der Waals surface area contributed by atoms with Crippen molar-refractivity contribution in [2.24, 2.45) is 17.4 Å². The largest absolute Gasteiger partial charge is 0.335 e. The number of amides is 1. The summed E-state index contributed by atoms with van der Waals surface area (Å²) < 4.78 is 1.67. The van der Waals surface area contributed by atoms with Gasteiger partial charge in [-0.3, -0.25) is 14.2 Å². The van der Waals surface area contributed by atoms with E-state index in [4.69, 9.17) is 28.1 Å². The number of carbonyl (C=O) groups is 1. The average molecular weight is 544 g/mol. The maximum Gasteiger partial charge on any atom is 0.261 e. The zero-order valence-electron chi connectivity index (χ0n) is 21.9. The molecule has 1 aromatic heterocycles. The maximum absolute atomic E-state index is 13.7. The van der Waals surface area contributed by atoms with Gasteiger partial charge >= 0.3 is 0 Å². The molecular formula is C31H34ClN5O2. The quantitative estimate of drug-likeness (QED) is 0.320. The molecule has 1 saturated heterocycles. The topological polar surface area (TPSA) is 107 Å². The van der Waals surface area contributed by atoms with E-state index in [0.29, 0.717) is 54.2 Å². The molecule has 0 radical (unpaired) electrons. The van der Waals surface area contributed by atoms with Gasteiger partial charge in [0.25, 0.3) is 5.56 Å². The Bertz CT molecular complexity index is 1490. The van der Waals surface area contributed by atoms with Crippen molar-refractivity contribution >= 4 is 28.4 Å². The van der Waals surface area contributed by atoms with Crippen molar-refractivity contribution in [1.29, 1.82) is 0 Å². The summed E-state index contributed by atoms with van der Waals surface area (Å²) >= 11 is 6.25. The molecule has 202 valence electrons. The van der Waals surface area contributed by atoms with Crippen LogP contribution in [0.15, 0.2) is 83.7 Å². The van der Waals surface area contributed by atoms with Gasteiger partial charge in [-0.15, -0.1) is 0 Å². The number of fused-ring (bicyclic) bond motifs is 1. The second-order valence-electron chi connectivity index (χ2n) is 10.3. The third-order valence-corrected chi connectivity index (χ3v) is 7.86. The van der Waals surface area contributed by atoms with E-state index < -0.39 is 6.04 Å². The lowest BCUT2D eigenvalue weighted by Crippen LogP contribution is -2.49. The first-order chi connectivity index (χ1) is 18.9. The van der Waals surface area contributed by atoms with Gasteiger partial charge in [-0.05, 0) is 61.6 Å². The molecule has 4 aromatic rings. The minimum atomic E-state index is -0.563. The summed E-state index contributed by atoms with van der Waals surface area (Å²) in [5.74, 6) is 0.533. The van der Waals surface area contributed by atoms with Gasteiger partial charge in [0.1, 0.15) is 5.82 Å². The number of benzene rings is 3. The van der Waals surface area contributed by atoms with Crippen molar-refractivity contribution in [3.8, 4) is 0 Å². The van der Waals surface area contributed by atoms with Gasteiger partial charge in [0.2, 0.25) is 5.91 Å². The molecule has 1 aliphatic heterocycles. The summed E-state index contributed by atoms with van der Waals surface area (Å²) in [6, 6.07) is 24.2. The van der Waals surface area contributed by atoms with E-state index in [1.165, 1.54) is 0 Å². The third kappa shape index (κ3) is 6.06. The van der Waals surface area contributed by atoms with Crippen molar-refractivity contribution in [1.82, 2.24) is 14.5 Å². The van der Waals surface area contributed by atoms with Crippen LogP contribution in [0.1, 0.15) is 48.7 Å². The zero-order valence-corrected chi connectivity index (χ0v) is 22.6. The molecule has 5 rings (SSSR count). The summed E-state index contributed by atoms with van der Waals surface area (Å²) in [6.45, 7) is 1.34. The normalized spacial score (nSPS) is 18.4. The molecule has 1 aliphatic rings. The third-order valence-electron chi connectivity index (χ3n) is 7.62. The van der Waals surface area contributed by atoms with Gasteiger partial charge < -0.3 is 16.4 Å². The van der Waals surface area contributed by atoms with Gasteiger partial charge in [0.05, 0.1) is 23.5 Å². The summed E-state index contributed by atoms with van der Waals surface area (Å²) in [7, 11) is 0. The number of halogens is 1. The number of hydrogen-bond acceptors (Lipinski definition) is 5. The number of rotatable bonds is 9. The highest BCUT2D eigenvalue weighted by Crippen LogP contribution is 2.32. The molecule has 0 spiro atoms. The fourth-order valence-corrected chi connectivity index (χ4v) is 5.77. The molecular weight excluding hydrogens is 510 g/mol. The SMILES string of the molecule is NCCC1CCC(CC(N)c2nc3cc(Cl)ccc3c(=O)n2Cc2ccccc2)N(Cc2ccccc2)C1=O. The Morgan fingerprint density at radius 1 is 0.923 bits per heavy atom. The van der Waals surface area contributed by atoms with Gasteiger partial charge in [0.15, 0.2) is 0 Å². The molecule has 3 unspecified atom stereocenters. The summed E-state index contributed by atoms with van der Waals surface area (Å²) in [6.07, 6.45) is 2.75. The van der Waals surface area contributed by atoms with Crippen LogP contribution in [0.25, 0.3) is 10.9 Å². The van der Waals surface area contributed by atoms with E-state index >= 15 is 0 Å². The molecule has 7 nitrogen and oxygen atoms in total. The van der Waals surface area contributed by atoms with E-state index in [-0.39, 0.29) is 23.4 Å². The van der Waals surface area contributed by atoms with Crippen LogP contribution in [0.3, 0.4) is 0 Å². The molecule has 0 aliphatic carbocycles. The van der Waals surface area contributed by atoms with Gasteiger partial charge in [-0.1, -0.05) is 72.3 Å². The Hall–Kier alpha value is -3.52. The predicted molar refractivity (Wildman–Crippen MR) is 155 cm³/mol. The Morgan fingerprint density at radius 2 is 1.59 bits per heavy atom. The molecule has 8 heteroatoms. The second kappa shape index (κ2) is 12.1. The minimum Gasteiger partial charge on any atom is -0.335 e. The zero-order chi connectivity index (χ0) is 27.4. The van der Waals surface area contributed by atoms with E-state index in [0.717, 1.165) is 24.0 Å². The Kier molecular flexibility index (Phi) is 8.41. The number of piperidine rings is 1. The van der Waals surface area contributed by atoms with Crippen LogP contribution >= 0.6 is 11.6 Å². The van der Waals surface area contributed by atoms with Crippen molar-refractivity contribution in [3.63, 3.8) is 0 Å². The Labute approximate surface area is 233 Å². The van der Waals surface area contributed by atoms with Crippen LogP contribution < -0.4 is 17.0 Å². The lowest BCUT2D eigenvalue weighted by Gasteiger charge is -2.40. The molecule has 3 atom stereocenters. The highest BCUT2D eigenvalue weighted by molar-refractivity contribution is 6.31. The van der Waals surface area contributed by atoms with E-state index in [2.05, 4.69) is 0 Å². The van der Waals surface area contributed by atoms with Crippen molar-refractivity contribution < 1.29 is 4.79 Å². The second-order valence-corrected chi connectivity index (χ2v) is 10.7. The number of nitrogens with two attached hydrogens (primary N) is 2. The summed E-state index contributed by atoms with van der Waals surface area (Å²) in [5, 5.41) is 1.00. The number of nitrogens with zero attached hydrogens (tertiary/aromatic N) is 3. The smallest absolute Gasteiger partial charge is 0.261 e. The predicted octanol–water partition coefficient (Wildman–Crippen LogP) is 4.64. The highest BCUT2D eigenvalue weighted by atomic mass is 35.5.